The molecule has 5 heteroatoms. The van der Waals surface area contributed by atoms with Gasteiger partial charge in [0.15, 0.2) is 0 Å². The topological polar surface area (TPSA) is 9.72 Å². The number of hydrogen-bond donors (Lipinski definition) is 0. The molecule has 0 radical (unpaired) electrons. The Labute approximate surface area is 96.4 Å². The van der Waals surface area contributed by atoms with Crippen LogP contribution in [0.5, 0.6) is 0 Å². The Balaban J connectivity index is 0.000000750. The van der Waals surface area contributed by atoms with Crippen LogP contribution in [0, 0.1) is 0 Å². The third-order valence-electron chi connectivity index (χ3n) is 3.40. The molecular weight excluding hydrogens is 244 g/mol. The highest BCUT2D eigenvalue weighted by Crippen LogP contribution is 2.28. The molecule has 4 bridgehead atoms. The van der Waals surface area contributed by atoms with E-state index in [1.807, 2.05) is 0 Å². The van der Waals surface area contributed by atoms with Gasteiger partial charge in [0.25, 0.3) is 0 Å². The molecule has 0 amide bonds. The Morgan fingerprint density at radius 3 is 1.71 bits per heavy atom. The van der Waals surface area contributed by atoms with Gasteiger partial charge < -0.3 is 17.0 Å². The van der Waals surface area contributed by atoms with Gasteiger partial charge in [0.05, 0.1) is 26.6 Å². The van der Waals surface area contributed by atoms with Gasteiger partial charge in [-0.05, 0) is 6.42 Å². The second-order valence-corrected chi connectivity index (χ2v) is 4.93. The van der Waals surface area contributed by atoms with Crippen LogP contribution in [0.25, 0.3) is 0 Å². The van der Waals surface area contributed by atoms with E-state index in [-0.39, 0.29) is 17.0 Å². The van der Waals surface area contributed by atoms with Crippen molar-refractivity contribution in [2.24, 2.45) is 0 Å². The fourth-order valence-electron chi connectivity index (χ4n) is 3.34. The molecule has 0 aromatic rings. The molecule has 0 spiro atoms. The Morgan fingerprint density at radius 2 is 1.36 bits per heavy atom. The Hall–Kier alpha value is 0.320. The van der Waals surface area contributed by atoms with Gasteiger partial charge in [0.2, 0.25) is 0 Å². The van der Waals surface area contributed by atoms with E-state index in [0.717, 1.165) is 0 Å². The number of rotatable bonds is 2. The summed E-state index contributed by atoms with van der Waals surface area (Å²) in [5.41, 5.74) is 0. The van der Waals surface area contributed by atoms with Gasteiger partial charge in [-0.1, -0.05) is 6.92 Å². The number of halogens is 1. The highest BCUT2D eigenvalue weighted by Gasteiger charge is 2.47. The van der Waals surface area contributed by atoms with Crippen molar-refractivity contribution in [2.75, 3.05) is 46.6 Å². The van der Waals surface area contributed by atoms with Crippen LogP contribution >= 0.6 is 0 Å². The maximum atomic E-state index is 2.58. The van der Waals surface area contributed by atoms with Crippen LogP contribution in [0.4, 0.5) is 0 Å². The summed E-state index contributed by atoms with van der Waals surface area (Å²) in [6.07, 6.45) is 1.32. The second-order valence-electron chi connectivity index (χ2n) is 4.93. The van der Waals surface area contributed by atoms with Crippen molar-refractivity contribution >= 4 is 0 Å². The van der Waals surface area contributed by atoms with Crippen LogP contribution in [0.3, 0.4) is 0 Å². The molecule has 4 aliphatic rings. The van der Waals surface area contributed by atoms with E-state index in [1.165, 1.54) is 57.5 Å². The quantitative estimate of drug-likeness (QED) is 0.489. The van der Waals surface area contributed by atoms with Crippen LogP contribution in [0.1, 0.15) is 13.3 Å². The zero-order valence-electron chi connectivity index (χ0n) is 8.82. The summed E-state index contributed by atoms with van der Waals surface area (Å²) in [5.74, 6) is 0. The van der Waals surface area contributed by atoms with Gasteiger partial charge in [-0.2, -0.15) is 0 Å². The first-order chi connectivity index (χ1) is 6.30. The summed E-state index contributed by atoms with van der Waals surface area (Å²) >= 11 is 0. The van der Waals surface area contributed by atoms with Gasteiger partial charge in [-0.15, -0.1) is 0 Å². The molecular formula is C9H19BrN4. The highest BCUT2D eigenvalue weighted by molar-refractivity contribution is 4.73. The third kappa shape index (κ3) is 1.61. The van der Waals surface area contributed by atoms with Crippen molar-refractivity contribution in [2.45, 2.75) is 13.3 Å². The van der Waals surface area contributed by atoms with Crippen LogP contribution in [0.15, 0.2) is 0 Å². The van der Waals surface area contributed by atoms with Crippen molar-refractivity contribution < 1.29 is 21.5 Å². The molecule has 0 aromatic carbocycles. The van der Waals surface area contributed by atoms with Crippen LogP contribution < -0.4 is 17.0 Å². The lowest BCUT2D eigenvalue weighted by Crippen LogP contribution is -3.00. The van der Waals surface area contributed by atoms with E-state index in [9.17, 15) is 0 Å². The van der Waals surface area contributed by atoms with Gasteiger partial charge in [-0.25, -0.2) is 14.7 Å². The van der Waals surface area contributed by atoms with Crippen LogP contribution in [0.2, 0.25) is 0 Å². The molecule has 0 unspecified atom stereocenters. The Bertz CT molecular complexity index is 186. The fourth-order valence-corrected chi connectivity index (χ4v) is 3.34. The van der Waals surface area contributed by atoms with Crippen molar-refractivity contribution in [3.05, 3.63) is 0 Å². The number of nitrogens with zero attached hydrogens (tertiary/aromatic N) is 4. The molecule has 4 rings (SSSR count). The van der Waals surface area contributed by atoms with Crippen molar-refractivity contribution in [3.63, 3.8) is 0 Å². The molecule has 0 saturated carbocycles. The molecule has 4 fully saturated rings. The molecule has 4 nitrogen and oxygen atoms in total. The molecule has 0 atom stereocenters. The van der Waals surface area contributed by atoms with Crippen molar-refractivity contribution in [1.82, 2.24) is 14.7 Å². The smallest absolute Gasteiger partial charge is 0.139 e. The van der Waals surface area contributed by atoms with Gasteiger partial charge in [0, 0.05) is 0 Å². The standard InChI is InChI=1S/C9H19N4.BrH/c1-2-3-13-7-10-4-11(8-13)6-12(5-10)9-13;/h2-9H2,1H3;1H/q+1;/p-1. The summed E-state index contributed by atoms with van der Waals surface area (Å²) in [6, 6.07) is 0. The number of quaternary nitrogens is 1. The predicted octanol–water partition coefficient (Wildman–Crippen LogP) is -3.09. The summed E-state index contributed by atoms with van der Waals surface area (Å²) < 4.78 is 1.30. The predicted molar refractivity (Wildman–Crippen MR) is 50.1 cm³/mol. The Kier molecular flexibility index (Phi) is 2.87. The molecule has 4 saturated heterocycles. The van der Waals surface area contributed by atoms with E-state index < -0.39 is 0 Å². The fraction of sp³-hybridized carbons (Fsp3) is 1.00. The zero-order valence-corrected chi connectivity index (χ0v) is 10.4. The monoisotopic (exact) mass is 262 g/mol. The molecule has 0 N–H and O–H groups in total. The SMILES string of the molecule is CCC[N+]12CN3CN(CN(C3)C1)C2.[Br-]. The van der Waals surface area contributed by atoms with Gasteiger partial charge in [0.1, 0.15) is 20.0 Å². The molecule has 82 valence electrons. The first kappa shape index (κ1) is 10.8. The summed E-state index contributed by atoms with van der Waals surface area (Å²) in [7, 11) is 0. The lowest BCUT2D eigenvalue weighted by molar-refractivity contribution is -0.980. The molecule has 4 heterocycles. The first-order valence-corrected chi connectivity index (χ1v) is 5.32. The van der Waals surface area contributed by atoms with E-state index in [2.05, 4.69) is 21.6 Å². The van der Waals surface area contributed by atoms with Gasteiger partial charge >= 0.3 is 0 Å². The van der Waals surface area contributed by atoms with Crippen LogP contribution in [-0.2, 0) is 0 Å². The lowest BCUT2D eigenvalue weighted by Gasteiger charge is -2.60. The molecule has 4 aliphatic heterocycles. The minimum Gasteiger partial charge on any atom is -1.00 e. The lowest BCUT2D eigenvalue weighted by atomic mass is 10.2. The average Bonchev–Trinajstić information content (AvgIpc) is 2.00. The summed E-state index contributed by atoms with van der Waals surface area (Å²) in [5, 5.41) is 0. The van der Waals surface area contributed by atoms with Gasteiger partial charge in [-0.3, -0.25) is 4.48 Å². The van der Waals surface area contributed by atoms with E-state index in [0.29, 0.717) is 0 Å². The van der Waals surface area contributed by atoms with E-state index in [4.69, 9.17) is 0 Å². The molecule has 14 heavy (non-hydrogen) atoms. The molecule has 0 aromatic heterocycles. The largest absolute Gasteiger partial charge is 1.00 e. The first-order valence-electron chi connectivity index (χ1n) is 5.32. The summed E-state index contributed by atoms with van der Waals surface area (Å²) in [4.78, 5) is 7.73. The Morgan fingerprint density at radius 1 is 0.929 bits per heavy atom. The van der Waals surface area contributed by atoms with E-state index >= 15 is 0 Å². The van der Waals surface area contributed by atoms with Crippen molar-refractivity contribution in [3.8, 4) is 0 Å². The maximum absolute atomic E-state index is 2.58. The van der Waals surface area contributed by atoms with E-state index in [1.54, 1.807) is 0 Å². The summed E-state index contributed by atoms with van der Waals surface area (Å²) in [6.45, 7) is 11.2. The normalized spacial score (nSPS) is 49.1. The maximum Gasteiger partial charge on any atom is 0.139 e. The third-order valence-corrected chi connectivity index (χ3v) is 3.40. The minimum atomic E-state index is 0. The average molecular weight is 263 g/mol. The second kappa shape index (κ2) is 3.72. The minimum absolute atomic E-state index is 0. The highest BCUT2D eigenvalue weighted by atomic mass is 79.9. The molecule has 0 aliphatic carbocycles. The van der Waals surface area contributed by atoms with Crippen molar-refractivity contribution in [1.29, 1.82) is 0 Å². The van der Waals surface area contributed by atoms with Crippen LogP contribution in [-0.4, -0.2) is 65.7 Å². The number of hydrogen-bond acceptors (Lipinski definition) is 3. The zero-order chi connectivity index (χ0) is 8.89.